The Bertz CT molecular complexity index is 1190. The number of carbonyl (C=O) groups excluding carboxylic acids is 5. The molecule has 1 heterocycles. The second kappa shape index (κ2) is 14.1. The highest BCUT2D eigenvalue weighted by atomic mass is 16.4. The number of H-pyrrole nitrogens is 1. The molecule has 1 aromatic carbocycles. The van der Waals surface area contributed by atoms with Gasteiger partial charge in [0.05, 0.1) is 25.2 Å². The summed E-state index contributed by atoms with van der Waals surface area (Å²) in [7, 11) is 0. The summed E-state index contributed by atoms with van der Waals surface area (Å²) in [4.78, 5) is 79.4. The van der Waals surface area contributed by atoms with Crippen LogP contribution in [0.25, 0.3) is 0 Å². The summed E-state index contributed by atoms with van der Waals surface area (Å²) in [5, 5.41) is 25.5. The van der Waals surface area contributed by atoms with Crippen molar-refractivity contribution in [2.75, 3.05) is 0 Å². The first-order valence-corrected chi connectivity index (χ1v) is 11.6. The summed E-state index contributed by atoms with van der Waals surface area (Å²) >= 11 is 0. The van der Waals surface area contributed by atoms with Gasteiger partial charge in [-0.2, -0.15) is 0 Å². The van der Waals surface area contributed by atoms with Gasteiger partial charge in [0, 0.05) is 18.3 Å². The third-order valence-electron chi connectivity index (χ3n) is 5.40. The molecule has 0 aliphatic heterocycles. The van der Waals surface area contributed by atoms with Gasteiger partial charge in [0.25, 0.3) is 0 Å². The van der Waals surface area contributed by atoms with Gasteiger partial charge in [0.2, 0.25) is 29.5 Å². The Morgan fingerprint density at radius 3 is 1.90 bits per heavy atom. The van der Waals surface area contributed by atoms with Crippen molar-refractivity contribution in [3.8, 4) is 5.75 Å². The van der Waals surface area contributed by atoms with Gasteiger partial charge in [-0.05, 0) is 24.1 Å². The van der Waals surface area contributed by atoms with E-state index >= 15 is 0 Å². The first kappa shape index (κ1) is 30.2. The minimum absolute atomic E-state index is 0.0342. The quantitative estimate of drug-likeness (QED) is 0.106. The molecule has 16 nitrogen and oxygen atoms in total. The van der Waals surface area contributed by atoms with Crippen molar-refractivity contribution >= 4 is 35.5 Å². The van der Waals surface area contributed by atoms with E-state index in [0.717, 1.165) is 0 Å². The minimum atomic E-state index is -1.72. The van der Waals surface area contributed by atoms with Crippen LogP contribution in [0, 0.1) is 0 Å². The predicted molar refractivity (Wildman–Crippen MR) is 133 cm³/mol. The molecular weight excluding hydrogens is 516 g/mol. The molecule has 1 aromatic heterocycles. The van der Waals surface area contributed by atoms with E-state index in [1.165, 1.54) is 24.7 Å². The van der Waals surface area contributed by atoms with Crippen molar-refractivity contribution in [3.05, 3.63) is 48.0 Å². The summed E-state index contributed by atoms with van der Waals surface area (Å²) in [6, 6.07) is 0.236. The second-order valence-corrected chi connectivity index (χ2v) is 8.62. The number of nitrogens with zero attached hydrogens (tertiary/aromatic N) is 1. The van der Waals surface area contributed by atoms with E-state index in [1.54, 1.807) is 12.1 Å². The molecule has 0 aliphatic carbocycles. The minimum Gasteiger partial charge on any atom is -0.508 e. The fourth-order valence-electron chi connectivity index (χ4n) is 3.44. The Kier molecular flexibility index (Phi) is 10.9. The Labute approximate surface area is 221 Å². The van der Waals surface area contributed by atoms with Crippen LogP contribution >= 0.6 is 0 Å². The molecule has 4 atom stereocenters. The fourth-order valence-corrected chi connectivity index (χ4v) is 3.44. The smallest absolute Gasteiger partial charge is 0.326 e. The standard InChI is InChI=1S/C23H30N8O8/c24-14(5-11-1-3-13(32)4-2-11)20(35)29-15(6-12-9-27-10-28-12)21(36)30-16(7-18(25)33)22(37)31-17(23(38)39)8-19(26)34/h1-4,9-10,14-17,32H,5-8,24H2,(H2,25,33)(H2,26,34)(H,27,28)(H,29,35)(H,30,36)(H,31,37)(H,38,39). The Morgan fingerprint density at radius 2 is 1.36 bits per heavy atom. The van der Waals surface area contributed by atoms with Crippen molar-refractivity contribution < 1.29 is 39.0 Å². The molecule has 4 unspecified atom stereocenters. The van der Waals surface area contributed by atoms with E-state index < -0.39 is 72.5 Å². The van der Waals surface area contributed by atoms with Gasteiger partial charge in [0.1, 0.15) is 23.9 Å². The molecule has 0 saturated carbocycles. The molecule has 2 aromatic rings. The average Bonchev–Trinajstić information content (AvgIpc) is 3.36. The topological polar surface area (TPSA) is 286 Å². The Balaban J connectivity index is 2.18. The summed E-state index contributed by atoms with van der Waals surface area (Å²) in [6.07, 6.45) is 1.25. The lowest BCUT2D eigenvalue weighted by atomic mass is 10.0. The first-order valence-electron chi connectivity index (χ1n) is 11.6. The molecule has 210 valence electrons. The van der Waals surface area contributed by atoms with Gasteiger partial charge in [0.15, 0.2) is 0 Å². The number of imidazole rings is 1. The van der Waals surface area contributed by atoms with E-state index in [-0.39, 0.29) is 18.6 Å². The normalized spacial score (nSPS) is 13.8. The molecule has 16 heteroatoms. The lowest BCUT2D eigenvalue weighted by Crippen LogP contribution is -2.58. The highest BCUT2D eigenvalue weighted by molar-refractivity contribution is 5.96. The molecule has 0 saturated heterocycles. The molecule has 0 radical (unpaired) electrons. The van der Waals surface area contributed by atoms with Crippen molar-refractivity contribution in [1.82, 2.24) is 25.9 Å². The van der Waals surface area contributed by atoms with Crippen LogP contribution in [0.4, 0.5) is 0 Å². The number of hydrogen-bond acceptors (Lipinski definition) is 9. The summed E-state index contributed by atoms with van der Waals surface area (Å²) in [5.74, 6) is -6.30. The van der Waals surface area contributed by atoms with Crippen LogP contribution in [0.1, 0.15) is 24.1 Å². The number of carboxylic acids is 1. The number of carboxylic acid groups (broad SMARTS) is 1. The highest BCUT2D eigenvalue weighted by Gasteiger charge is 2.32. The molecule has 0 bridgehead atoms. The van der Waals surface area contributed by atoms with Crippen LogP contribution < -0.4 is 33.2 Å². The molecule has 2 rings (SSSR count). The molecule has 0 spiro atoms. The zero-order valence-electron chi connectivity index (χ0n) is 20.6. The molecule has 39 heavy (non-hydrogen) atoms. The monoisotopic (exact) mass is 546 g/mol. The molecular formula is C23H30N8O8. The molecule has 0 fully saturated rings. The zero-order chi connectivity index (χ0) is 29.1. The van der Waals surface area contributed by atoms with Gasteiger partial charge in [-0.3, -0.25) is 24.0 Å². The summed E-state index contributed by atoms with van der Waals surface area (Å²) < 4.78 is 0. The summed E-state index contributed by atoms with van der Waals surface area (Å²) in [5.41, 5.74) is 17.3. The first-order chi connectivity index (χ1) is 18.3. The van der Waals surface area contributed by atoms with E-state index in [4.69, 9.17) is 17.2 Å². The zero-order valence-corrected chi connectivity index (χ0v) is 20.6. The number of hydrogen-bond donors (Lipinski definition) is 9. The number of nitrogens with one attached hydrogen (secondary N) is 4. The van der Waals surface area contributed by atoms with Gasteiger partial charge in [-0.15, -0.1) is 0 Å². The number of phenols is 1. The number of amides is 5. The second-order valence-electron chi connectivity index (χ2n) is 8.62. The van der Waals surface area contributed by atoms with Gasteiger partial charge >= 0.3 is 5.97 Å². The van der Waals surface area contributed by atoms with E-state index in [1.807, 2.05) is 5.32 Å². The van der Waals surface area contributed by atoms with Crippen LogP contribution in [0.2, 0.25) is 0 Å². The average molecular weight is 547 g/mol. The Morgan fingerprint density at radius 1 is 0.821 bits per heavy atom. The van der Waals surface area contributed by atoms with Crippen molar-refractivity contribution in [1.29, 1.82) is 0 Å². The molecule has 0 aliphatic rings. The van der Waals surface area contributed by atoms with Crippen LogP contribution in [-0.4, -0.2) is 79.9 Å². The van der Waals surface area contributed by atoms with Crippen LogP contribution in [-0.2, 0) is 41.6 Å². The van der Waals surface area contributed by atoms with E-state index in [0.29, 0.717) is 11.3 Å². The maximum absolute atomic E-state index is 13.2. The van der Waals surface area contributed by atoms with Crippen LogP contribution in [0.5, 0.6) is 5.75 Å². The van der Waals surface area contributed by atoms with Crippen molar-refractivity contribution in [2.24, 2.45) is 17.2 Å². The van der Waals surface area contributed by atoms with E-state index in [2.05, 4.69) is 20.6 Å². The largest absolute Gasteiger partial charge is 0.508 e. The van der Waals surface area contributed by atoms with Crippen molar-refractivity contribution in [3.63, 3.8) is 0 Å². The van der Waals surface area contributed by atoms with Crippen LogP contribution in [0.3, 0.4) is 0 Å². The third-order valence-corrected chi connectivity index (χ3v) is 5.40. The molecule has 5 amide bonds. The number of nitrogens with two attached hydrogens (primary N) is 3. The van der Waals surface area contributed by atoms with Crippen LogP contribution in [0.15, 0.2) is 36.8 Å². The number of phenolic OH excluding ortho intramolecular Hbond substituents is 1. The fraction of sp³-hybridized carbons (Fsp3) is 0.348. The lowest BCUT2D eigenvalue weighted by molar-refractivity contribution is -0.144. The van der Waals surface area contributed by atoms with Gasteiger partial charge in [-0.1, -0.05) is 12.1 Å². The van der Waals surface area contributed by atoms with Gasteiger partial charge < -0.3 is 48.3 Å². The number of aromatic hydroxyl groups is 1. The van der Waals surface area contributed by atoms with Crippen molar-refractivity contribution in [2.45, 2.75) is 49.9 Å². The maximum atomic E-state index is 13.2. The van der Waals surface area contributed by atoms with E-state index in [9.17, 15) is 39.0 Å². The predicted octanol–water partition coefficient (Wildman–Crippen LogP) is -3.48. The number of primary amides is 2. The number of aliphatic carboxylic acids is 1. The number of rotatable bonds is 15. The third kappa shape index (κ3) is 10.1. The number of benzene rings is 1. The highest BCUT2D eigenvalue weighted by Crippen LogP contribution is 2.11. The lowest BCUT2D eigenvalue weighted by Gasteiger charge is -2.24. The van der Waals surface area contributed by atoms with Gasteiger partial charge in [-0.25, -0.2) is 9.78 Å². The molecule has 12 N–H and O–H groups in total. The summed E-state index contributed by atoms with van der Waals surface area (Å²) in [6.45, 7) is 0. The number of carbonyl (C=O) groups is 6. The SMILES string of the molecule is NC(=O)CC(NC(=O)C(CC(N)=O)NC(=O)C(Cc1cnc[nH]1)NC(=O)C(N)Cc1ccc(O)cc1)C(=O)O. The number of aromatic amines is 1. The Hall–Kier alpha value is -4.99. The maximum Gasteiger partial charge on any atom is 0.326 e. The number of aromatic nitrogens is 2.